The van der Waals surface area contributed by atoms with Gasteiger partial charge in [0.15, 0.2) is 0 Å². The first kappa shape index (κ1) is 13.7. The van der Waals surface area contributed by atoms with Gasteiger partial charge in [-0.15, -0.1) is 6.42 Å². The van der Waals surface area contributed by atoms with E-state index >= 15 is 0 Å². The highest BCUT2D eigenvalue weighted by molar-refractivity contribution is 5.51. The average Bonchev–Trinajstić information content (AvgIpc) is 2.52. The molecule has 0 bridgehead atoms. The predicted molar refractivity (Wildman–Crippen MR) is 76.8 cm³/mol. The van der Waals surface area contributed by atoms with E-state index in [1.807, 2.05) is 24.3 Å². The molecule has 0 radical (unpaired) electrons. The van der Waals surface area contributed by atoms with Gasteiger partial charge in [0, 0.05) is 11.3 Å². The summed E-state index contributed by atoms with van der Waals surface area (Å²) >= 11 is 0. The smallest absolute Gasteiger partial charge is 0.225 e. The van der Waals surface area contributed by atoms with Gasteiger partial charge in [-0.05, 0) is 18.2 Å². The van der Waals surface area contributed by atoms with Crippen LogP contribution in [0.3, 0.4) is 0 Å². The lowest BCUT2D eigenvalue weighted by Gasteiger charge is -2.12. The summed E-state index contributed by atoms with van der Waals surface area (Å²) in [5.74, 6) is 3.56. The highest BCUT2D eigenvalue weighted by atomic mass is 16.5. The van der Waals surface area contributed by atoms with Crippen LogP contribution in [0.2, 0.25) is 0 Å². The minimum absolute atomic E-state index is 0.473. The molecule has 5 nitrogen and oxygen atoms in total. The normalized spacial score (nSPS) is 9.65. The molecule has 0 aliphatic rings. The molecule has 5 heteroatoms. The minimum Gasteiger partial charge on any atom is -0.481 e. The number of aromatic nitrogens is 2. The highest BCUT2D eigenvalue weighted by Crippen LogP contribution is 2.24. The maximum atomic E-state index is 5.38. The van der Waals surface area contributed by atoms with Gasteiger partial charge in [-0.1, -0.05) is 12.0 Å². The standard InChI is InChI=1S/C15H15N3O2/c1-4-11-6-5-7-12(8-11)16-9-13-14(19-2)17-10-18-15(13)20-3/h1,5-8,10,16H,9H2,2-3H3. The van der Waals surface area contributed by atoms with E-state index < -0.39 is 0 Å². The lowest BCUT2D eigenvalue weighted by molar-refractivity contribution is 0.363. The van der Waals surface area contributed by atoms with E-state index in [1.54, 1.807) is 14.2 Å². The molecule has 0 fully saturated rings. The van der Waals surface area contributed by atoms with E-state index in [1.165, 1.54) is 6.33 Å². The van der Waals surface area contributed by atoms with Crippen LogP contribution < -0.4 is 14.8 Å². The molecular formula is C15H15N3O2. The summed E-state index contributed by atoms with van der Waals surface area (Å²) in [6.45, 7) is 0.473. The number of benzene rings is 1. The third kappa shape index (κ3) is 2.98. The first-order valence-corrected chi connectivity index (χ1v) is 6.01. The summed E-state index contributed by atoms with van der Waals surface area (Å²) in [7, 11) is 3.12. The van der Waals surface area contributed by atoms with Crippen LogP contribution in [0.25, 0.3) is 0 Å². The molecule has 1 N–H and O–H groups in total. The average molecular weight is 269 g/mol. The van der Waals surface area contributed by atoms with Gasteiger partial charge in [0.2, 0.25) is 11.8 Å². The molecule has 0 atom stereocenters. The molecule has 0 aliphatic heterocycles. The fourth-order valence-corrected chi connectivity index (χ4v) is 1.79. The van der Waals surface area contributed by atoms with Crippen molar-refractivity contribution in [2.24, 2.45) is 0 Å². The topological polar surface area (TPSA) is 56.3 Å². The lowest BCUT2D eigenvalue weighted by atomic mass is 10.2. The molecule has 0 saturated heterocycles. The number of hydrogen-bond donors (Lipinski definition) is 1. The zero-order valence-corrected chi connectivity index (χ0v) is 11.4. The molecule has 0 amide bonds. The van der Waals surface area contributed by atoms with Crippen molar-refractivity contribution in [2.75, 3.05) is 19.5 Å². The molecular weight excluding hydrogens is 254 g/mol. The number of terminal acetylenes is 1. The van der Waals surface area contributed by atoms with Crippen molar-refractivity contribution in [1.29, 1.82) is 0 Å². The molecule has 102 valence electrons. The molecule has 2 rings (SSSR count). The Hall–Kier alpha value is -2.74. The molecule has 1 heterocycles. The van der Waals surface area contributed by atoms with Crippen molar-refractivity contribution in [3.05, 3.63) is 41.7 Å². The summed E-state index contributed by atoms with van der Waals surface area (Å²) in [5, 5.41) is 3.25. The van der Waals surface area contributed by atoms with E-state index in [9.17, 15) is 0 Å². The Bertz CT molecular complexity index is 613. The number of nitrogens with one attached hydrogen (secondary N) is 1. The van der Waals surface area contributed by atoms with Crippen LogP contribution in [-0.2, 0) is 6.54 Å². The van der Waals surface area contributed by atoms with Gasteiger partial charge in [0.1, 0.15) is 6.33 Å². The Morgan fingerprint density at radius 1 is 1.20 bits per heavy atom. The van der Waals surface area contributed by atoms with Crippen molar-refractivity contribution in [1.82, 2.24) is 9.97 Å². The Labute approximate surface area is 118 Å². The molecule has 2 aromatic rings. The minimum atomic E-state index is 0.473. The summed E-state index contributed by atoms with van der Waals surface area (Å²) in [6, 6.07) is 7.60. The second kappa shape index (κ2) is 6.43. The van der Waals surface area contributed by atoms with E-state index in [4.69, 9.17) is 15.9 Å². The second-order valence-corrected chi connectivity index (χ2v) is 3.95. The maximum absolute atomic E-state index is 5.38. The van der Waals surface area contributed by atoms with Crippen molar-refractivity contribution < 1.29 is 9.47 Å². The Balaban J connectivity index is 2.20. The van der Waals surface area contributed by atoms with Gasteiger partial charge in [-0.25, -0.2) is 9.97 Å². The Morgan fingerprint density at radius 2 is 1.90 bits per heavy atom. The van der Waals surface area contributed by atoms with Crippen molar-refractivity contribution in [2.45, 2.75) is 6.54 Å². The Morgan fingerprint density at radius 3 is 2.50 bits per heavy atom. The van der Waals surface area contributed by atoms with Crippen LogP contribution in [0.5, 0.6) is 11.8 Å². The van der Waals surface area contributed by atoms with Crippen molar-refractivity contribution >= 4 is 5.69 Å². The van der Waals surface area contributed by atoms with Crippen LogP contribution in [0, 0.1) is 12.3 Å². The molecule has 0 saturated carbocycles. The van der Waals surface area contributed by atoms with Crippen LogP contribution >= 0.6 is 0 Å². The van der Waals surface area contributed by atoms with Gasteiger partial charge in [0.05, 0.1) is 26.3 Å². The molecule has 0 spiro atoms. The zero-order chi connectivity index (χ0) is 14.4. The molecule has 1 aromatic carbocycles. The van der Waals surface area contributed by atoms with Crippen LogP contribution in [0.15, 0.2) is 30.6 Å². The third-order valence-electron chi connectivity index (χ3n) is 2.75. The summed E-state index contributed by atoms with van der Waals surface area (Å²) in [5.41, 5.74) is 2.48. The van der Waals surface area contributed by atoms with Gasteiger partial charge >= 0.3 is 0 Å². The number of ether oxygens (including phenoxy) is 2. The van der Waals surface area contributed by atoms with Crippen LogP contribution in [0.4, 0.5) is 5.69 Å². The zero-order valence-electron chi connectivity index (χ0n) is 11.4. The monoisotopic (exact) mass is 269 g/mol. The third-order valence-corrected chi connectivity index (χ3v) is 2.75. The number of rotatable bonds is 5. The largest absolute Gasteiger partial charge is 0.481 e. The number of nitrogens with zero attached hydrogens (tertiary/aromatic N) is 2. The first-order valence-electron chi connectivity index (χ1n) is 6.01. The fourth-order valence-electron chi connectivity index (χ4n) is 1.79. The lowest BCUT2D eigenvalue weighted by Crippen LogP contribution is -2.06. The predicted octanol–water partition coefficient (Wildman–Crippen LogP) is 2.09. The van der Waals surface area contributed by atoms with E-state index in [-0.39, 0.29) is 0 Å². The molecule has 1 aromatic heterocycles. The van der Waals surface area contributed by atoms with E-state index in [2.05, 4.69) is 21.2 Å². The molecule has 20 heavy (non-hydrogen) atoms. The number of anilines is 1. The highest BCUT2D eigenvalue weighted by Gasteiger charge is 2.12. The maximum Gasteiger partial charge on any atom is 0.225 e. The van der Waals surface area contributed by atoms with E-state index in [0.29, 0.717) is 18.3 Å². The SMILES string of the molecule is C#Cc1cccc(NCc2c(OC)ncnc2OC)c1. The quantitative estimate of drug-likeness (QED) is 0.842. The van der Waals surface area contributed by atoms with E-state index in [0.717, 1.165) is 16.8 Å². The molecule has 0 unspecified atom stereocenters. The van der Waals surface area contributed by atoms with Gasteiger partial charge in [-0.3, -0.25) is 0 Å². The first-order chi connectivity index (χ1) is 9.78. The van der Waals surface area contributed by atoms with Gasteiger partial charge in [-0.2, -0.15) is 0 Å². The van der Waals surface area contributed by atoms with Gasteiger partial charge < -0.3 is 14.8 Å². The summed E-state index contributed by atoms with van der Waals surface area (Å²) in [4.78, 5) is 8.13. The number of hydrogen-bond acceptors (Lipinski definition) is 5. The van der Waals surface area contributed by atoms with Crippen LogP contribution in [0.1, 0.15) is 11.1 Å². The Kier molecular flexibility index (Phi) is 4.40. The van der Waals surface area contributed by atoms with Gasteiger partial charge in [0.25, 0.3) is 0 Å². The van der Waals surface area contributed by atoms with Crippen LogP contribution in [-0.4, -0.2) is 24.2 Å². The van der Waals surface area contributed by atoms with Crippen molar-refractivity contribution in [3.63, 3.8) is 0 Å². The second-order valence-electron chi connectivity index (χ2n) is 3.95. The summed E-state index contributed by atoms with van der Waals surface area (Å²) < 4.78 is 10.4. The number of methoxy groups -OCH3 is 2. The van der Waals surface area contributed by atoms with Crippen molar-refractivity contribution in [3.8, 4) is 24.1 Å². The fraction of sp³-hybridized carbons (Fsp3) is 0.200. The molecule has 0 aliphatic carbocycles. The summed E-state index contributed by atoms with van der Waals surface area (Å²) in [6.07, 6.45) is 6.78.